The molecule has 0 aliphatic heterocycles. The molecule has 0 saturated carbocycles. The summed E-state index contributed by atoms with van der Waals surface area (Å²) < 4.78 is 22.4. The molecule has 10 nitrogen and oxygen atoms in total. The molecular weight excluding hydrogens is 526 g/mol. The second-order valence-corrected chi connectivity index (χ2v) is 10.3. The van der Waals surface area contributed by atoms with Crippen molar-refractivity contribution in [3.63, 3.8) is 0 Å². The van der Waals surface area contributed by atoms with Crippen molar-refractivity contribution in [2.24, 2.45) is 5.92 Å². The van der Waals surface area contributed by atoms with E-state index in [-0.39, 0.29) is 35.4 Å². The van der Waals surface area contributed by atoms with Gasteiger partial charge in [-0.1, -0.05) is 19.9 Å². The lowest BCUT2D eigenvalue weighted by Crippen LogP contribution is -2.43. The Balaban J connectivity index is 1.82. The molecular formula is C31H37N3O7. The summed E-state index contributed by atoms with van der Waals surface area (Å²) in [6.07, 6.45) is 2.69. The Hall–Kier alpha value is -4.47. The third kappa shape index (κ3) is 6.32. The molecule has 3 N–H and O–H groups in total. The third-order valence-corrected chi connectivity index (χ3v) is 7.19. The summed E-state index contributed by atoms with van der Waals surface area (Å²) in [6, 6.07) is 9.35. The molecule has 0 radical (unpaired) electrons. The van der Waals surface area contributed by atoms with Gasteiger partial charge < -0.3 is 34.6 Å². The number of carbonyl (C=O) groups excluding carboxylic acids is 2. The van der Waals surface area contributed by atoms with Crippen LogP contribution in [-0.2, 0) is 22.6 Å². The fraction of sp³-hybridized carbons (Fsp3) is 0.387. The first-order valence-corrected chi connectivity index (χ1v) is 13.5. The quantitative estimate of drug-likeness (QED) is 0.335. The van der Waals surface area contributed by atoms with E-state index in [2.05, 4.69) is 16.0 Å². The summed E-state index contributed by atoms with van der Waals surface area (Å²) in [5, 5.41) is 9.04. The molecule has 0 fully saturated rings. The molecule has 10 heteroatoms. The summed E-state index contributed by atoms with van der Waals surface area (Å²) in [5.41, 5.74) is 2.99. The van der Waals surface area contributed by atoms with Crippen LogP contribution in [0.2, 0.25) is 0 Å². The number of fused-ring (bicyclic) bond motifs is 3. The first kappa shape index (κ1) is 29.5. The van der Waals surface area contributed by atoms with Crippen LogP contribution >= 0.6 is 0 Å². The summed E-state index contributed by atoms with van der Waals surface area (Å²) in [6.45, 7) is 5.49. The van der Waals surface area contributed by atoms with Crippen molar-refractivity contribution in [1.82, 2.24) is 10.6 Å². The van der Waals surface area contributed by atoms with Gasteiger partial charge in [0.2, 0.25) is 23.0 Å². The largest absolute Gasteiger partial charge is 0.493 e. The number of furan rings is 1. The fourth-order valence-corrected chi connectivity index (χ4v) is 5.23. The number of nitrogens with one attached hydrogen (secondary N) is 3. The van der Waals surface area contributed by atoms with Gasteiger partial charge in [0.05, 0.1) is 45.9 Å². The first-order chi connectivity index (χ1) is 19.7. The highest BCUT2D eigenvalue weighted by atomic mass is 16.5. The molecule has 1 heterocycles. The van der Waals surface area contributed by atoms with E-state index in [1.165, 1.54) is 20.1 Å². The van der Waals surface area contributed by atoms with Crippen LogP contribution in [0.25, 0.3) is 11.1 Å². The van der Waals surface area contributed by atoms with Crippen molar-refractivity contribution in [2.75, 3.05) is 26.6 Å². The number of methoxy groups -OCH3 is 3. The first-order valence-electron chi connectivity index (χ1n) is 13.5. The van der Waals surface area contributed by atoms with Gasteiger partial charge in [0.15, 0.2) is 11.5 Å². The molecule has 0 saturated heterocycles. The summed E-state index contributed by atoms with van der Waals surface area (Å²) >= 11 is 0. The molecule has 1 aliphatic carbocycles. The maximum Gasteiger partial charge on any atom is 0.243 e. The van der Waals surface area contributed by atoms with Gasteiger partial charge in [-0.05, 0) is 65.8 Å². The van der Waals surface area contributed by atoms with Crippen LogP contribution in [-0.4, -0.2) is 39.2 Å². The zero-order chi connectivity index (χ0) is 29.7. The monoisotopic (exact) mass is 563 g/mol. The SMILES string of the molecule is COc1cc2c(c(OC)c1OC)-c1ccc(NC(C(=O)NCc3ccco3)C(C)C)c(=O)cc1C(NC(C)=O)CC2. The highest BCUT2D eigenvalue weighted by Gasteiger charge is 2.30. The lowest BCUT2D eigenvalue weighted by Gasteiger charge is -2.22. The molecule has 218 valence electrons. The standard InChI is InChI=1S/C31H37N3O7/c1-17(2)28(31(37)32-16-20-8-7-13-41-20)34-24-12-10-21-22(15-25(24)36)23(33-18(3)35)11-9-19-14-26(38-4)29(39-5)30(40-6)27(19)21/h7-8,10,12-15,17,23,28H,9,11,16H2,1-6H3,(H,32,37)(H,33,35)(H,34,36). The number of rotatable bonds is 10. The second kappa shape index (κ2) is 12.8. The van der Waals surface area contributed by atoms with Crippen LogP contribution in [0.15, 0.2) is 51.9 Å². The van der Waals surface area contributed by atoms with E-state index >= 15 is 0 Å². The van der Waals surface area contributed by atoms with Crippen molar-refractivity contribution in [2.45, 2.75) is 52.2 Å². The van der Waals surface area contributed by atoms with E-state index in [4.69, 9.17) is 18.6 Å². The molecule has 0 spiro atoms. The minimum Gasteiger partial charge on any atom is -0.493 e. The summed E-state index contributed by atoms with van der Waals surface area (Å²) in [4.78, 5) is 39.0. The maximum absolute atomic E-state index is 13.7. The average molecular weight is 564 g/mol. The molecule has 0 bridgehead atoms. The number of amides is 2. The minimum atomic E-state index is -0.683. The molecule has 41 heavy (non-hydrogen) atoms. The zero-order valence-corrected chi connectivity index (χ0v) is 24.3. The number of aryl methyl sites for hydroxylation is 1. The predicted molar refractivity (Wildman–Crippen MR) is 155 cm³/mol. The minimum absolute atomic E-state index is 0.126. The van der Waals surface area contributed by atoms with Gasteiger partial charge in [0.25, 0.3) is 0 Å². The Morgan fingerprint density at radius 2 is 1.80 bits per heavy atom. The van der Waals surface area contributed by atoms with E-state index in [0.29, 0.717) is 47.0 Å². The van der Waals surface area contributed by atoms with Gasteiger partial charge in [0, 0.05) is 12.5 Å². The Labute approximate surface area is 239 Å². The number of anilines is 1. The highest BCUT2D eigenvalue weighted by Crippen LogP contribution is 2.50. The predicted octanol–water partition coefficient (Wildman–Crippen LogP) is 4.21. The molecule has 2 unspecified atom stereocenters. The molecule has 1 aliphatic rings. The van der Waals surface area contributed by atoms with Crippen molar-refractivity contribution in [1.29, 1.82) is 0 Å². The van der Waals surface area contributed by atoms with Crippen LogP contribution in [0.4, 0.5) is 5.69 Å². The number of ether oxygens (including phenoxy) is 3. The van der Waals surface area contributed by atoms with Gasteiger partial charge in [-0.3, -0.25) is 14.4 Å². The summed E-state index contributed by atoms with van der Waals surface area (Å²) in [5.74, 6) is 1.46. The second-order valence-electron chi connectivity index (χ2n) is 10.3. The smallest absolute Gasteiger partial charge is 0.243 e. The lowest BCUT2D eigenvalue weighted by atomic mass is 9.95. The molecule has 2 aromatic carbocycles. The number of hydrogen-bond donors (Lipinski definition) is 3. The van der Waals surface area contributed by atoms with Gasteiger partial charge >= 0.3 is 0 Å². The molecule has 1 aromatic heterocycles. The van der Waals surface area contributed by atoms with Gasteiger partial charge in [-0.15, -0.1) is 0 Å². The third-order valence-electron chi connectivity index (χ3n) is 7.19. The van der Waals surface area contributed by atoms with Crippen molar-refractivity contribution in [3.05, 3.63) is 69.8 Å². The normalized spacial score (nSPS) is 14.7. The zero-order valence-electron chi connectivity index (χ0n) is 24.3. The van der Waals surface area contributed by atoms with E-state index in [9.17, 15) is 14.4 Å². The van der Waals surface area contributed by atoms with E-state index < -0.39 is 12.1 Å². The Kier molecular flexibility index (Phi) is 9.21. The van der Waals surface area contributed by atoms with Crippen molar-refractivity contribution < 1.29 is 28.2 Å². The topological polar surface area (TPSA) is 128 Å². The fourth-order valence-electron chi connectivity index (χ4n) is 5.23. The molecule has 2 atom stereocenters. The molecule has 4 rings (SSSR count). The average Bonchev–Trinajstić information content (AvgIpc) is 3.36. The van der Waals surface area contributed by atoms with Crippen LogP contribution in [0.5, 0.6) is 17.2 Å². The van der Waals surface area contributed by atoms with Gasteiger partial charge in [-0.2, -0.15) is 0 Å². The Morgan fingerprint density at radius 1 is 1.05 bits per heavy atom. The van der Waals surface area contributed by atoms with Crippen LogP contribution in [0, 0.1) is 5.92 Å². The number of benzene rings is 1. The maximum atomic E-state index is 13.7. The number of carbonyl (C=O) groups is 2. The molecule has 3 aromatic rings. The Bertz CT molecular complexity index is 1470. The van der Waals surface area contributed by atoms with E-state index in [1.807, 2.05) is 26.0 Å². The van der Waals surface area contributed by atoms with Crippen molar-refractivity contribution >= 4 is 17.5 Å². The van der Waals surface area contributed by atoms with Gasteiger partial charge in [0.1, 0.15) is 11.8 Å². The van der Waals surface area contributed by atoms with E-state index in [0.717, 1.165) is 11.1 Å². The van der Waals surface area contributed by atoms with Crippen LogP contribution in [0.3, 0.4) is 0 Å². The molecule has 2 amide bonds. The highest BCUT2D eigenvalue weighted by molar-refractivity contribution is 5.86. The van der Waals surface area contributed by atoms with Crippen molar-refractivity contribution in [3.8, 4) is 28.4 Å². The Morgan fingerprint density at radius 3 is 2.41 bits per heavy atom. The lowest BCUT2D eigenvalue weighted by molar-refractivity contribution is -0.123. The van der Waals surface area contributed by atoms with E-state index in [1.54, 1.807) is 38.7 Å². The number of hydrogen-bond acceptors (Lipinski definition) is 8. The summed E-state index contributed by atoms with van der Waals surface area (Å²) in [7, 11) is 4.65. The van der Waals surface area contributed by atoms with Gasteiger partial charge in [-0.25, -0.2) is 0 Å². The van der Waals surface area contributed by atoms with Crippen LogP contribution < -0.4 is 35.6 Å². The van der Waals surface area contributed by atoms with Crippen LogP contribution in [0.1, 0.15) is 50.1 Å².